The zero-order valence-corrected chi connectivity index (χ0v) is 18.9. The Hall–Kier alpha value is -3.80. The lowest BCUT2D eigenvalue weighted by Gasteiger charge is -2.21. The summed E-state index contributed by atoms with van der Waals surface area (Å²) in [6, 6.07) is 24.6. The van der Waals surface area contributed by atoms with E-state index >= 15 is 0 Å². The van der Waals surface area contributed by atoms with Gasteiger partial charge in [0, 0.05) is 36.7 Å². The van der Waals surface area contributed by atoms with Crippen LogP contribution in [0.2, 0.25) is 0 Å². The fraction of sp³-hybridized carbons (Fsp3) is 0.259. The molecule has 0 radical (unpaired) electrons. The molecule has 0 spiro atoms. The molecular weight excluding hydrogens is 416 g/mol. The maximum atomic E-state index is 13.3. The highest BCUT2D eigenvalue weighted by Crippen LogP contribution is 2.42. The number of methoxy groups -OCH3 is 2. The molecule has 1 saturated heterocycles. The first kappa shape index (κ1) is 22.4. The number of carbonyl (C=O) groups is 2. The Morgan fingerprint density at radius 3 is 2.24 bits per heavy atom. The number of nitrogens with one attached hydrogen (secondary N) is 1. The Kier molecular flexibility index (Phi) is 6.93. The van der Waals surface area contributed by atoms with Crippen LogP contribution in [0.5, 0.6) is 11.5 Å². The van der Waals surface area contributed by atoms with E-state index in [1.165, 1.54) is 0 Å². The standard InChI is InChI=1S/C27H28N2O4/c1-32-24-15-9-14-21(25(24)33-2)22-17-29(27(31)20-12-7-4-8-13-20)18-23(22)26(30)28-16-19-10-5-3-6-11-19/h3-15,22-23H,16-18H2,1-2H3,(H,28,30). The van der Waals surface area contributed by atoms with Crippen molar-refractivity contribution in [1.82, 2.24) is 10.2 Å². The van der Waals surface area contributed by atoms with Gasteiger partial charge >= 0.3 is 0 Å². The lowest BCUT2D eigenvalue weighted by Crippen LogP contribution is -2.35. The average molecular weight is 445 g/mol. The second kappa shape index (κ2) is 10.2. The molecule has 2 amide bonds. The largest absolute Gasteiger partial charge is 0.493 e. The zero-order valence-electron chi connectivity index (χ0n) is 18.9. The zero-order chi connectivity index (χ0) is 23.2. The summed E-state index contributed by atoms with van der Waals surface area (Å²) in [5.74, 6) is 0.393. The Balaban J connectivity index is 1.62. The van der Waals surface area contributed by atoms with E-state index in [0.29, 0.717) is 36.7 Å². The molecule has 1 aliphatic rings. The predicted octanol–water partition coefficient (Wildman–Crippen LogP) is 3.88. The second-order valence-electron chi connectivity index (χ2n) is 8.08. The summed E-state index contributed by atoms with van der Waals surface area (Å²) in [5.41, 5.74) is 2.50. The summed E-state index contributed by atoms with van der Waals surface area (Å²) in [7, 11) is 3.18. The summed E-state index contributed by atoms with van der Waals surface area (Å²) >= 11 is 0. The predicted molar refractivity (Wildman–Crippen MR) is 126 cm³/mol. The van der Waals surface area contributed by atoms with Crippen LogP contribution in [0.1, 0.15) is 27.4 Å². The number of benzene rings is 3. The molecule has 0 aromatic heterocycles. The quantitative estimate of drug-likeness (QED) is 0.601. The number of ether oxygens (including phenoxy) is 2. The van der Waals surface area contributed by atoms with Gasteiger partial charge in [-0.15, -0.1) is 0 Å². The summed E-state index contributed by atoms with van der Waals surface area (Å²) in [5, 5.41) is 3.06. The van der Waals surface area contributed by atoms with Crippen LogP contribution >= 0.6 is 0 Å². The van der Waals surface area contributed by atoms with Crippen LogP contribution in [-0.2, 0) is 11.3 Å². The minimum Gasteiger partial charge on any atom is -0.493 e. The van der Waals surface area contributed by atoms with Crippen molar-refractivity contribution in [2.24, 2.45) is 5.92 Å². The topological polar surface area (TPSA) is 67.9 Å². The highest BCUT2D eigenvalue weighted by Gasteiger charge is 2.42. The van der Waals surface area contributed by atoms with Crippen molar-refractivity contribution in [3.8, 4) is 11.5 Å². The van der Waals surface area contributed by atoms with E-state index in [9.17, 15) is 9.59 Å². The number of para-hydroxylation sites is 1. The molecule has 1 heterocycles. The van der Waals surface area contributed by atoms with Gasteiger partial charge in [-0.3, -0.25) is 9.59 Å². The summed E-state index contributed by atoms with van der Waals surface area (Å²) in [4.78, 5) is 28.3. The van der Waals surface area contributed by atoms with E-state index in [1.807, 2.05) is 66.7 Å². The number of nitrogens with zero attached hydrogens (tertiary/aromatic N) is 1. The van der Waals surface area contributed by atoms with Crippen LogP contribution in [0.4, 0.5) is 0 Å². The van der Waals surface area contributed by atoms with E-state index in [4.69, 9.17) is 9.47 Å². The van der Waals surface area contributed by atoms with Crippen molar-refractivity contribution in [3.63, 3.8) is 0 Å². The SMILES string of the molecule is COc1cccc(C2CN(C(=O)c3ccccc3)CC2C(=O)NCc2ccccc2)c1OC. The number of likely N-dealkylation sites (tertiary alicyclic amines) is 1. The fourth-order valence-corrected chi connectivity index (χ4v) is 4.43. The Morgan fingerprint density at radius 1 is 0.879 bits per heavy atom. The first-order valence-electron chi connectivity index (χ1n) is 11.0. The number of carbonyl (C=O) groups excluding carboxylic acids is 2. The summed E-state index contributed by atoms with van der Waals surface area (Å²) in [6.45, 7) is 1.19. The molecule has 1 N–H and O–H groups in total. The van der Waals surface area contributed by atoms with Crippen molar-refractivity contribution < 1.29 is 19.1 Å². The molecule has 3 aromatic rings. The van der Waals surface area contributed by atoms with Crippen LogP contribution in [0.3, 0.4) is 0 Å². The van der Waals surface area contributed by atoms with Crippen molar-refractivity contribution >= 4 is 11.8 Å². The molecule has 33 heavy (non-hydrogen) atoms. The smallest absolute Gasteiger partial charge is 0.253 e. The molecule has 4 rings (SSSR count). The third kappa shape index (κ3) is 4.85. The van der Waals surface area contributed by atoms with Gasteiger partial charge in [-0.25, -0.2) is 0 Å². The van der Waals surface area contributed by atoms with Gasteiger partial charge in [0.2, 0.25) is 5.91 Å². The molecular formula is C27H28N2O4. The number of hydrogen-bond donors (Lipinski definition) is 1. The fourth-order valence-electron chi connectivity index (χ4n) is 4.43. The van der Waals surface area contributed by atoms with Crippen LogP contribution in [0, 0.1) is 5.92 Å². The number of hydrogen-bond acceptors (Lipinski definition) is 4. The molecule has 2 atom stereocenters. The molecule has 2 unspecified atom stereocenters. The molecule has 170 valence electrons. The van der Waals surface area contributed by atoms with Crippen molar-refractivity contribution in [1.29, 1.82) is 0 Å². The van der Waals surface area contributed by atoms with Gasteiger partial charge in [0.1, 0.15) is 0 Å². The van der Waals surface area contributed by atoms with Gasteiger partial charge in [0.15, 0.2) is 11.5 Å². The summed E-state index contributed by atoms with van der Waals surface area (Å²) < 4.78 is 11.1. The minimum absolute atomic E-state index is 0.0826. The van der Waals surface area contributed by atoms with Crippen LogP contribution in [0.15, 0.2) is 78.9 Å². The maximum absolute atomic E-state index is 13.3. The highest BCUT2D eigenvalue weighted by atomic mass is 16.5. The third-order valence-corrected chi connectivity index (χ3v) is 6.11. The van der Waals surface area contributed by atoms with Gasteiger partial charge in [0.05, 0.1) is 20.1 Å². The normalized spacial score (nSPS) is 17.5. The third-order valence-electron chi connectivity index (χ3n) is 6.11. The molecule has 0 bridgehead atoms. The first-order chi connectivity index (χ1) is 16.1. The minimum atomic E-state index is -0.414. The van der Waals surface area contributed by atoms with Crippen molar-refractivity contribution in [3.05, 3.63) is 95.6 Å². The van der Waals surface area contributed by atoms with Crippen LogP contribution in [-0.4, -0.2) is 44.0 Å². The van der Waals surface area contributed by atoms with Crippen molar-refractivity contribution in [2.75, 3.05) is 27.3 Å². The van der Waals surface area contributed by atoms with E-state index in [2.05, 4.69) is 5.32 Å². The summed E-state index contributed by atoms with van der Waals surface area (Å²) in [6.07, 6.45) is 0. The number of rotatable bonds is 7. The van der Waals surface area contributed by atoms with E-state index < -0.39 is 5.92 Å². The lowest BCUT2D eigenvalue weighted by molar-refractivity contribution is -0.125. The van der Waals surface area contributed by atoms with Crippen molar-refractivity contribution in [2.45, 2.75) is 12.5 Å². The molecule has 1 fully saturated rings. The highest BCUT2D eigenvalue weighted by molar-refractivity contribution is 5.95. The molecule has 1 aliphatic heterocycles. The van der Waals surface area contributed by atoms with Gasteiger partial charge in [-0.1, -0.05) is 60.7 Å². The van der Waals surface area contributed by atoms with Gasteiger partial charge in [-0.2, -0.15) is 0 Å². The molecule has 0 saturated carbocycles. The first-order valence-corrected chi connectivity index (χ1v) is 11.0. The molecule has 6 nitrogen and oxygen atoms in total. The van der Waals surface area contributed by atoms with Gasteiger partial charge in [0.25, 0.3) is 5.91 Å². The second-order valence-corrected chi connectivity index (χ2v) is 8.08. The Morgan fingerprint density at radius 2 is 1.58 bits per heavy atom. The monoisotopic (exact) mass is 444 g/mol. The van der Waals surface area contributed by atoms with E-state index in [-0.39, 0.29) is 17.7 Å². The van der Waals surface area contributed by atoms with Crippen LogP contribution in [0.25, 0.3) is 0 Å². The van der Waals surface area contributed by atoms with Gasteiger partial charge < -0.3 is 19.7 Å². The number of amides is 2. The molecule has 6 heteroatoms. The van der Waals surface area contributed by atoms with E-state index in [1.54, 1.807) is 31.3 Å². The molecule has 3 aromatic carbocycles. The average Bonchev–Trinajstić information content (AvgIpc) is 3.32. The maximum Gasteiger partial charge on any atom is 0.253 e. The van der Waals surface area contributed by atoms with Crippen LogP contribution < -0.4 is 14.8 Å². The van der Waals surface area contributed by atoms with E-state index in [0.717, 1.165) is 11.1 Å². The lowest BCUT2D eigenvalue weighted by atomic mass is 9.87. The Labute approximate surface area is 194 Å². The Bertz CT molecular complexity index is 1100. The molecule has 0 aliphatic carbocycles. The van der Waals surface area contributed by atoms with Gasteiger partial charge in [-0.05, 0) is 23.8 Å².